The van der Waals surface area contributed by atoms with E-state index in [1.54, 1.807) is 11.3 Å². The van der Waals surface area contributed by atoms with Crippen LogP contribution in [0.15, 0.2) is 5.38 Å². The molecule has 1 aromatic rings. The summed E-state index contributed by atoms with van der Waals surface area (Å²) in [5, 5.41) is 6.67. The van der Waals surface area contributed by atoms with Gasteiger partial charge < -0.3 is 11.1 Å². The normalized spacial score (nSPS) is 12.0. The Morgan fingerprint density at radius 2 is 2.20 bits per heavy atom. The molecule has 3 N–H and O–H groups in total. The van der Waals surface area contributed by atoms with Crippen molar-refractivity contribution in [2.75, 3.05) is 13.1 Å². The van der Waals surface area contributed by atoms with E-state index in [-0.39, 0.29) is 5.41 Å². The lowest BCUT2D eigenvalue weighted by Gasteiger charge is -2.13. The fraction of sp³-hybridized carbons (Fsp3) is 0.727. The molecule has 0 saturated heterocycles. The number of nitrogens with zero attached hydrogens (tertiary/aromatic N) is 1. The lowest BCUT2D eigenvalue weighted by molar-refractivity contribution is 0.578. The number of hydrogen-bond donors (Lipinski definition) is 2. The quantitative estimate of drug-likeness (QED) is 0.755. The molecule has 3 nitrogen and oxygen atoms in total. The summed E-state index contributed by atoms with van der Waals surface area (Å²) in [5.74, 6) is 0. The topological polar surface area (TPSA) is 50.9 Å². The van der Waals surface area contributed by atoms with Gasteiger partial charge in [0.1, 0.15) is 0 Å². The maximum absolute atomic E-state index is 5.42. The minimum Gasteiger partial charge on any atom is -0.330 e. The molecule has 15 heavy (non-hydrogen) atoms. The molecular formula is C11H21N3S. The van der Waals surface area contributed by atoms with Gasteiger partial charge in [-0.15, -0.1) is 11.3 Å². The number of thiazole rings is 1. The van der Waals surface area contributed by atoms with Gasteiger partial charge in [-0.3, -0.25) is 0 Å². The molecule has 0 radical (unpaired) electrons. The fourth-order valence-electron chi connectivity index (χ4n) is 1.18. The monoisotopic (exact) mass is 227 g/mol. The average molecular weight is 227 g/mol. The molecule has 0 aliphatic carbocycles. The van der Waals surface area contributed by atoms with Gasteiger partial charge in [-0.1, -0.05) is 20.8 Å². The maximum atomic E-state index is 5.42. The van der Waals surface area contributed by atoms with Crippen LogP contribution in [0.1, 0.15) is 37.9 Å². The Balaban J connectivity index is 2.40. The standard InChI is InChI=1S/C11H21N3S/c1-11(2,3)10-14-9(8-15-10)7-13-6-4-5-12/h8,13H,4-7,12H2,1-3H3. The van der Waals surface area contributed by atoms with Crippen molar-refractivity contribution >= 4 is 11.3 Å². The molecule has 1 rings (SSSR count). The summed E-state index contributed by atoms with van der Waals surface area (Å²) in [6.07, 6.45) is 1.02. The Morgan fingerprint density at radius 3 is 2.73 bits per heavy atom. The molecule has 0 spiro atoms. The van der Waals surface area contributed by atoms with E-state index in [0.717, 1.165) is 31.7 Å². The Kier molecular flexibility index (Phi) is 4.70. The van der Waals surface area contributed by atoms with Gasteiger partial charge in [-0.2, -0.15) is 0 Å². The van der Waals surface area contributed by atoms with Gasteiger partial charge in [-0.25, -0.2) is 4.98 Å². The molecule has 0 atom stereocenters. The van der Waals surface area contributed by atoms with Gasteiger partial charge in [0.25, 0.3) is 0 Å². The predicted octanol–water partition coefficient (Wildman–Crippen LogP) is 1.88. The van der Waals surface area contributed by atoms with Crippen molar-refractivity contribution < 1.29 is 0 Å². The van der Waals surface area contributed by atoms with Crippen LogP contribution in [-0.2, 0) is 12.0 Å². The summed E-state index contributed by atoms with van der Waals surface area (Å²) < 4.78 is 0. The molecule has 0 amide bonds. The molecule has 4 heteroatoms. The highest BCUT2D eigenvalue weighted by molar-refractivity contribution is 7.09. The Hall–Kier alpha value is -0.450. The van der Waals surface area contributed by atoms with Gasteiger partial charge in [0, 0.05) is 17.3 Å². The fourth-order valence-corrected chi connectivity index (χ4v) is 2.08. The van der Waals surface area contributed by atoms with Crippen LogP contribution in [-0.4, -0.2) is 18.1 Å². The summed E-state index contributed by atoms with van der Waals surface area (Å²) >= 11 is 1.74. The van der Waals surface area contributed by atoms with Crippen LogP contribution in [0.5, 0.6) is 0 Å². The summed E-state index contributed by atoms with van der Waals surface area (Å²) in [6.45, 7) is 9.15. The third kappa shape index (κ3) is 4.28. The summed E-state index contributed by atoms with van der Waals surface area (Å²) in [6, 6.07) is 0. The second-order valence-electron chi connectivity index (χ2n) is 4.71. The van der Waals surface area contributed by atoms with Gasteiger partial charge in [0.2, 0.25) is 0 Å². The van der Waals surface area contributed by atoms with E-state index in [1.807, 2.05) is 0 Å². The van der Waals surface area contributed by atoms with Crippen LogP contribution in [0.3, 0.4) is 0 Å². The molecule has 0 bridgehead atoms. The van der Waals surface area contributed by atoms with Crippen molar-refractivity contribution in [2.24, 2.45) is 5.73 Å². The zero-order valence-corrected chi connectivity index (χ0v) is 10.7. The van der Waals surface area contributed by atoms with Crippen molar-refractivity contribution in [3.63, 3.8) is 0 Å². The van der Waals surface area contributed by atoms with E-state index < -0.39 is 0 Å². The highest BCUT2D eigenvalue weighted by atomic mass is 32.1. The van der Waals surface area contributed by atoms with E-state index in [1.165, 1.54) is 5.01 Å². The Morgan fingerprint density at radius 1 is 1.47 bits per heavy atom. The molecule has 0 aromatic carbocycles. The lowest BCUT2D eigenvalue weighted by atomic mass is 9.98. The SMILES string of the molecule is CC(C)(C)c1nc(CNCCCN)cs1. The van der Waals surface area contributed by atoms with Crippen LogP contribution in [0.2, 0.25) is 0 Å². The second kappa shape index (κ2) is 5.58. The zero-order valence-electron chi connectivity index (χ0n) is 9.84. The third-order valence-electron chi connectivity index (χ3n) is 2.06. The number of aromatic nitrogens is 1. The van der Waals surface area contributed by atoms with E-state index in [4.69, 9.17) is 5.73 Å². The smallest absolute Gasteiger partial charge is 0.0982 e. The van der Waals surface area contributed by atoms with E-state index in [0.29, 0.717) is 0 Å². The number of nitrogens with two attached hydrogens (primary N) is 1. The van der Waals surface area contributed by atoms with Gasteiger partial charge in [0.15, 0.2) is 0 Å². The maximum Gasteiger partial charge on any atom is 0.0982 e. The van der Waals surface area contributed by atoms with Crippen molar-refractivity contribution in [1.29, 1.82) is 0 Å². The first-order valence-corrected chi connectivity index (χ1v) is 6.27. The average Bonchev–Trinajstić information content (AvgIpc) is 2.60. The minimum absolute atomic E-state index is 0.167. The molecule has 0 unspecified atom stereocenters. The first-order valence-electron chi connectivity index (χ1n) is 5.39. The van der Waals surface area contributed by atoms with Crippen molar-refractivity contribution in [3.8, 4) is 0 Å². The highest BCUT2D eigenvalue weighted by Crippen LogP contribution is 2.25. The Bertz CT molecular complexity index is 288. The zero-order chi connectivity index (χ0) is 11.3. The van der Waals surface area contributed by atoms with Crippen LogP contribution in [0.25, 0.3) is 0 Å². The molecule has 0 fully saturated rings. The first-order chi connectivity index (χ1) is 7.04. The van der Waals surface area contributed by atoms with Crippen LogP contribution in [0, 0.1) is 0 Å². The number of rotatable bonds is 5. The van der Waals surface area contributed by atoms with Crippen molar-refractivity contribution in [1.82, 2.24) is 10.3 Å². The van der Waals surface area contributed by atoms with E-state index >= 15 is 0 Å². The summed E-state index contributed by atoms with van der Waals surface area (Å²) in [4.78, 5) is 4.60. The van der Waals surface area contributed by atoms with Crippen LogP contribution in [0.4, 0.5) is 0 Å². The molecule has 0 saturated carbocycles. The van der Waals surface area contributed by atoms with Gasteiger partial charge in [-0.05, 0) is 19.5 Å². The lowest BCUT2D eigenvalue weighted by Crippen LogP contribution is -2.18. The largest absolute Gasteiger partial charge is 0.330 e. The summed E-state index contributed by atoms with van der Waals surface area (Å²) in [7, 11) is 0. The highest BCUT2D eigenvalue weighted by Gasteiger charge is 2.17. The molecule has 0 aliphatic heterocycles. The molecule has 86 valence electrons. The molecular weight excluding hydrogens is 206 g/mol. The van der Waals surface area contributed by atoms with Crippen molar-refractivity contribution in [3.05, 3.63) is 16.1 Å². The van der Waals surface area contributed by atoms with Gasteiger partial charge >= 0.3 is 0 Å². The van der Waals surface area contributed by atoms with Crippen LogP contribution >= 0.6 is 11.3 Å². The van der Waals surface area contributed by atoms with Gasteiger partial charge in [0.05, 0.1) is 10.7 Å². The third-order valence-corrected chi connectivity index (χ3v) is 3.37. The van der Waals surface area contributed by atoms with Crippen LogP contribution < -0.4 is 11.1 Å². The predicted molar refractivity (Wildman–Crippen MR) is 66.2 cm³/mol. The summed E-state index contributed by atoms with van der Waals surface area (Å²) in [5.41, 5.74) is 6.72. The minimum atomic E-state index is 0.167. The Labute approximate surface area is 96.1 Å². The van der Waals surface area contributed by atoms with Crippen molar-refractivity contribution in [2.45, 2.75) is 39.2 Å². The molecule has 1 aromatic heterocycles. The van der Waals surface area contributed by atoms with E-state index in [9.17, 15) is 0 Å². The second-order valence-corrected chi connectivity index (χ2v) is 5.57. The first kappa shape index (κ1) is 12.6. The molecule has 1 heterocycles. The number of hydrogen-bond acceptors (Lipinski definition) is 4. The van der Waals surface area contributed by atoms with E-state index in [2.05, 4.69) is 36.5 Å². The number of nitrogens with one attached hydrogen (secondary N) is 1. The molecule has 0 aliphatic rings.